The minimum atomic E-state index is -0.446. The Balaban J connectivity index is 0.000000196. The highest BCUT2D eigenvalue weighted by atomic mass is 79.9. The van der Waals surface area contributed by atoms with Crippen molar-refractivity contribution >= 4 is 39.8 Å². The van der Waals surface area contributed by atoms with Crippen molar-refractivity contribution in [1.29, 1.82) is 0 Å². The summed E-state index contributed by atoms with van der Waals surface area (Å²) >= 11 is 3.43. The van der Waals surface area contributed by atoms with Crippen LogP contribution >= 0.6 is 23.9 Å². The van der Waals surface area contributed by atoms with E-state index >= 15 is 0 Å². The first kappa shape index (κ1) is 23.3. The highest BCUT2D eigenvalue weighted by Gasteiger charge is 2.15. The third kappa shape index (κ3) is 6.29. The standard InChI is InChI=1S/C18H15P.C10H13BrO/c1-4-10-16(11-5-1)19(17-12-6-2-7-13-17)18-14-8-3-9-15-18;1-7-4-9(6-11)5-8(2)10(7)12-3/h1-15H;4-5H,6H2,1-3H3. The molecule has 0 radical (unpaired) electrons. The van der Waals surface area contributed by atoms with Gasteiger partial charge in [0.2, 0.25) is 0 Å². The maximum atomic E-state index is 5.26. The first-order valence-corrected chi connectivity index (χ1v) is 12.8. The van der Waals surface area contributed by atoms with Gasteiger partial charge in [-0.3, -0.25) is 0 Å². The van der Waals surface area contributed by atoms with Crippen LogP contribution in [0.15, 0.2) is 103 Å². The van der Waals surface area contributed by atoms with E-state index in [1.54, 1.807) is 7.11 Å². The van der Waals surface area contributed by atoms with Gasteiger partial charge >= 0.3 is 0 Å². The molecule has 0 aliphatic heterocycles. The van der Waals surface area contributed by atoms with E-state index in [4.69, 9.17) is 4.74 Å². The highest BCUT2D eigenvalue weighted by molar-refractivity contribution is 9.08. The van der Waals surface area contributed by atoms with Gasteiger partial charge < -0.3 is 4.74 Å². The molecule has 0 fully saturated rings. The van der Waals surface area contributed by atoms with Gasteiger partial charge in [-0.15, -0.1) is 0 Å². The molecule has 0 heterocycles. The molecule has 1 nitrogen and oxygen atoms in total. The van der Waals surface area contributed by atoms with Crippen LogP contribution in [0.5, 0.6) is 5.75 Å². The van der Waals surface area contributed by atoms with E-state index in [1.165, 1.54) is 32.6 Å². The maximum absolute atomic E-state index is 5.26. The molecule has 31 heavy (non-hydrogen) atoms. The number of halogens is 1. The second kappa shape index (κ2) is 11.8. The Morgan fingerprint density at radius 2 is 1.00 bits per heavy atom. The lowest BCUT2D eigenvalue weighted by Gasteiger charge is -2.18. The van der Waals surface area contributed by atoms with Crippen LogP contribution in [-0.4, -0.2) is 7.11 Å². The molecule has 4 aromatic rings. The summed E-state index contributed by atoms with van der Waals surface area (Å²) in [5.74, 6) is 1.000. The van der Waals surface area contributed by atoms with Crippen molar-refractivity contribution in [2.45, 2.75) is 19.2 Å². The van der Waals surface area contributed by atoms with Crippen LogP contribution in [0, 0.1) is 13.8 Å². The molecule has 0 saturated heterocycles. The van der Waals surface area contributed by atoms with Gasteiger partial charge in [-0.2, -0.15) is 0 Å². The summed E-state index contributed by atoms with van der Waals surface area (Å²) < 4.78 is 5.26. The Morgan fingerprint density at radius 3 is 1.29 bits per heavy atom. The molecule has 0 atom stereocenters. The van der Waals surface area contributed by atoms with E-state index in [-0.39, 0.29) is 0 Å². The van der Waals surface area contributed by atoms with E-state index in [0.717, 1.165) is 11.1 Å². The first-order chi connectivity index (χ1) is 15.1. The van der Waals surface area contributed by atoms with Gasteiger partial charge in [0, 0.05) is 5.33 Å². The highest BCUT2D eigenvalue weighted by Crippen LogP contribution is 2.32. The Morgan fingerprint density at radius 1 is 0.645 bits per heavy atom. The number of alkyl halides is 1. The fraction of sp³-hybridized carbons (Fsp3) is 0.143. The molecule has 0 N–H and O–H groups in total. The van der Waals surface area contributed by atoms with E-state index in [1.807, 2.05) is 0 Å². The largest absolute Gasteiger partial charge is 0.496 e. The van der Waals surface area contributed by atoms with Crippen molar-refractivity contribution in [1.82, 2.24) is 0 Å². The fourth-order valence-corrected chi connectivity index (χ4v) is 6.25. The van der Waals surface area contributed by atoms with E-state index in [2.05, 4.69) is 133 Å². The van der Waals surface area contributed by atoms with Crippen molar-refractivity contribution < 1.29 is 4.74 Å². The number of hydrogen-bond acceptors (Lipinski definition) is 1. The summed E-state index contributed by atoms with van der Waals surface area (Å²) in [6.45, 7) is 4.13. The molecular weight excluding hydrogens is 463 g/mol. The van der Waals surface area contributed by atoms with Gasteiger partial charge in [-0.25, -0.2) is 0 Å². The van der Waals surface area contributed by atoms with E-state index in [9.17, 15) is 0 Å². The fourth-order valence-electron chi connectivity index (χ4n) is 3.62. The minimum absolute atomic E-state index is 0.446. The molecule has 0 unspecified atom stereocenters. The molecule has 4 rings (SSSR count). The maximum Gasteiger partial charge on any atom is 0.124 e. The van der Waals surface area contributed by atoms with Gasteiger partial charge in [0.25, 0.3) is 0 Å². The Labute approximate surface area is 196 Å². The van der Waals surface area contributed by atoms with Crippen molar-refractivity contribution in [3.05, 3.63) is 120 Å². The predicted octanol–water partition coefficient (Wildman–Crippen LogP) is 6.65. The molecule has 158 valence electrons. The SMILES string of the molecule is COc1c(C)cc(CBr)cc1C.c1ccc(P(c2ccccc2)c2ccccc2)cc1. The summed E-state index contributed by atoms with van der Waals surface area (Å²) in [6, 6.07) is 36.6. The van der Waals surface area contributed by atoms with Crippen LogP contribution < -0.4 is 20.7 Å². The zero-order valence-electron chi connectivity index (χ0n) is 18.3. The smallest absolute Gasteiger partial charge is 0.124 e. The summed E-state index contributed by atoms with van der Waals surface area (Å²) in [5, 5.41) is 5.10. The van der Waals surface area contributed by atoms with Gasteiger partial charge in [0.1, 0.15) is 5.75 Å². The number of benzene rings is 4. The summed E-state index contributed by atoms with van der Waals surface area (Å²) in [5.41, 5.74) is 3.70. The Hall–Kier alpha value is -2.41. The minimum Gasteiger partial charge on any atom is -0.496 e. The van der Waals surface area contributed by atoms with Gasteiger partial charge in [-0.05, 0) is 54.4 Å². The third-order valence-electron chi connectivity index (χ3n) is 4.92. The predicted molar refractivity (Wildman–Crippen MR) is 140 cm³/mol. The number of rotatable bonds is 5. The Bertz CT molecular complexity index is 949. The molecule has 0 aliphatic carbocycles. The normalized spacial score (nSPS) is 10.4. The van der Waals surface area contributed by atoms with Crippen LogP contribution in [0.1, 0.15) is 16.7 Å². The number of hydrogen-bond donors (Lipinski definition) is 0. The number of ether oxygens (including phenoxy) is 1. The number of aryl methyl sites for hydroxylation is 2. The molecular formula is C28H28BrOP. The lowest BCUT2D eigenvalue weighted by Crippen LogP contribution is -2.20. The Kier molecular flexibility index (Phi) is 8.88. The second-order valence-electron chi connectivity index (χ2n) is 7.24. The molecule has 0 bridgehead atoms. The van der Waals surface area contributed by atoms with Gasteiger partial charge in [0.05, 0.1) is 7.11 Å². The molecule has 4 aromatic carbocycles. The van der Waals surface area contributed by atoms with Crippen LogP contribution in [0.2, 0.25) is 0 Å². The van der Waals surface area contributed by atoms with Crippen molar-refractivity contribution in [2.75, 3.05) is 7.11 Å². The third-order valence-corrected chi connectivity index (χ3v) is 8.01. The zero-order chi connectivity index (χ0) is 22.1. The number of methoxy groups -OCH3 is 1. The topological polar surface area (TPSA) is 9.23 Å². The first-order valence-electron chi connectivity index (χ1n) is 10.3. The average Bonchev–Trinajstić information content (AvgIpc) is 2.81. The van der Waals surface area contributed by atoms with Gasteiger partial charge in [0.15, 0.2) is 0 Å². The summed E-state index contributed by atoms with van der Waals surface area (Å²) in [7, 11) is 1.27. The molecule has 3 heteroatoms. The summed E-state index contributed by atoms with van der Waals surface area (Å²) in [4.78, 5) is 0. The van der Waals surface area contributed by atoms with Crippen LogP contribution in [-0.2, 0) is 5.33 Å². The van der Waals surface area contributed by atoms with Gasteiger partial charge in [-0.1, -0.05) is 119 Å². The van der Waals surface area contributed by atoms with Crippen LogP contribution in [0.4, 0.5) is 0 Å². The molecule has 0 aromatic heterocycles. The monoisotopic (exact) mass is 490 g/mol. The van der Waals surface area contributed by atoms with E-state index in [0.29, 0.717) is 0 Å². The van der Waals surface area contributed by atoms with Crippen molar-refractivity contribution in [2.24, 2.45) is 0 Å². The zero-order valence-corrected chi connectivity index (χ0v) is 20.7. The molecule has 0 amide bonds. The second-order valence-corrected chi connectivity index (χ2v) is 10.0. The van der Waals surface area contributed by atoms with Crippen LogP contribution in [0.3, 0.4) is 0 Å². The average molecular weight is 491 g/mol. The molecule has 0 saturated carbocycles. The lowest BCUT2D eigenvalue weighted by atomic mass is 10.1. The van der Waals surface area contributed by atoms with Crippen molar-refractivity contribution in [3.63, 3.8) is 0 Å². The summed E-state index contributed by atoms with van der Waals surface area (Å²) in [6.07, 6.45) is 0. The molecule has 0 aliphatic rings. The quantitative estimate of drug-likeness (QED) is 0.224. The lowest BCUT2D eigenvalue weighted by molar-refractivity contribution is 0.408. The molecule has 0 spiro atoms. The van der Waals surface area contributed by atoms with Crippen LogP contribution in [0.25, 0.3) is 0 Å². The van der Waals surface area contributed by atoms with E-state index < -0.39 is 7.92 Å². The van der Waals surface area contributed by atoms with Crippen molar-refractivity contribution in [3.8, 4) is 5.75 Å².